The minimum absolute atomic E-state index is 0.0250. The summed E-state index contributed by atoms with van der Waals surface area (Å²) in [6, 6.07) is 7.83. The van der Waals surface area contributed by atoms with Crippen molar-refractivity contribution >= 4 is 45.3 Å². The van der Waals surface area contributed by atoms with Crippen molar-refractivity contribution in [2.45, 2.75) is 37.8 Å². The van der Waals surface area contributed by atoms with E-state index >= 15 is 0 Å². The average Bonchev–Trinajstić information content (AvgIpc) is 3.46. The molecule has 4 heterocycles. The van der Waals surface area contributed by atoms with E-state index in [-0.39, 0.29) is 23.9 Å². The van der Waals surface area contributed by atoms with E-state index in [1.54, 1.807) is 19.9 Å². The largest absolute Gasteiger partial charge is 0.435 e. The molecule has 1 saturated heterocycles. The molecule has 1 amide bonds. The van der Waals surface area contributed by atoms with Crippen LogP contribution in [0.25, 0.3) is 16.7 Å². The molecule has 2 N–H and O–H groups in total. The molecular weight excluding hydrogens is 594 g/mol. The molecule has 5 rings (SSSR count). The van der Waals surface area contributed by atoms with Gasteiger partial charge in [-0.15, -0.1) is 10.2 Å². The van der Waals surface area contributed by atoms with Crippen molar-refractivity contribution in [3.05, 3.63) is 57.8 Å². The maximum atomic E-state index is 13.4. The number of H-pyrrole nitrogens is 1. The first kappa shape index (κ1) is 24.6. The van der Waals surface area contributed by atoms with Gasteiger partial charge in [0.25, 0.3) is 5.91 Å². The summed E-state index contributed by atoms with van der Waals surface area (Å²) >= 11 is 2.16. The highest BCUT2D eigenvalue weighted by atomic mass is 127. The Balaban J connectivity index is 1.44. The van der Waals surface area contributed by atoms with E-state index < -0.39 is 35.6 Å². The van der Waals surface area contributed by atoms with E-state index in [9.17, 15) is 23.1 Å². The SMILES string of the molecule is CC1(C)CN(c2ccn(-c3cnnc(C(F)(F)F)c3)n2)C(=O)C([C@@H](O)c2nc3ccc(I)cc3[nH]2)O1. The number of benzene rings is 1. The third kappa shape index (κ3) is 4.67. The molecule has 2 atom stereocenters. The predicted molar refractivity (Wildman–Crippen MR) is 129 cm³/mol. The number of fused-ring (bicyclic) bond motifs is 1. The fourth-order valence-corrected chi connectivity index (χ4v) is 4.44. The fourth-order valence-electron chi connectivity index (χ4n) is 3.94. The molecule has 1 aromatic carbocycles. The van der Waals surface area contributed by atoms with Crippen LogP contribution in [0, 0.1) is 3.57 Å². The molecular formula is C22H19F3IN7O3. The van der Waals surface area contributed by atoms with Gasteiger partial charge in [0.15, 0.2) is 17.6 Å². The molecule has 1 aliphatic rings. The Morgan fingerprint density at radius 2 is 2.06 bits per heavy atom. The van der Waals surface area contributed by atoms with Gasteiger partial charge < -0.3 is 14.8 Å². The summed E-state index contributed by atoms with van der Waals surface area (Å²) < 4.78 is 47.2. The monoisotopic (exact) mass is 613 g/mol. The summed E-state index contributed by atoms with van der Waals surface area (Å²) in [4.78, 5) is 22.2. The number of aromatic amines is 1. The number of nitrogens with one attached hydrogen (secondary N) is 1. The Kier molecular flexibility index (Phi) is 5.99. The van der Waals surface area contributed by atoms with Gasteiger partial charge in [-0.1, -0.05) is 0 Å². The van der Waals surface area contributed by atoms with Crippen LogP contribution in [0.2, 0.25) is 0 Å². The summed E-state index contributed by atoms with van der Waals surface area (Å²) in [6.07, 6.45) is -4.81. The maximum absolute atomic E-state index is 13.4. The molecule has 3 aromatic heterocycles. The minimum atomic E-state index is -4.67. The molecule has 1 unspecified atom stereocenters. The number of carbonyl (C=O) groups excluding carboxylic acids is 1. The van der Waals surface area contributed by atoms with Crippen molar-refractivity contribution < 1.29 is 27.8 Å². The van der Waals surface area contributed by atoms with Gasteiger partial charge in [0.2, 0.25) is 0 Å². The van der Waals surface area contributed by atoms with E-state index in [4.69, 9.17) is 4.74 Å². The summed E-state index contributed by atoms with van der Waals surface area (Å²) in [7, 11) is 0. The number of amides is 1. The van der Waals surface area contributed by atoms with Gasteiger partial charge in [-0.3, -0.25) is 9.69 Å². The second-order valence-electron chi connectivity index (χ2n) is 8.87. The molecule has 10 nitrogen and oxygen atoms in total. The standard InChI is InChI=1S/C22H19F3IN7O3/c1-21(2)10-32(16-5-6-33(31-16)12-8-15(22(23,24)25)30-27-9-12)20(35)18(36-21)17(34)19-28-13-4-3-11(26)7-14(13)29-19/h3-9,17-18,34H,10H2,1-2H3,(H,28,29)/t17-,18?/m1/s1. The molecule has 0 spiro atoms. The first-order chi connectivity index (χ1) is 16.9. The van der Waals surface area contributed by atoms with Crippen LogP contribution in [0.1, 0.15) is 31.5 Å². The van der Waals surface area contributed by atoms with Crippen LogP contribution in [0.15, 0.2) is 42.7 Å². The highest BCUT2D eigenvalue weighted by Gasteiger charge is 2.45. The van der Waals surface area contributed by atoms with Crippen LogP contribution in [0.3, 0.4) is 0 Å². The zero-order valence-corrected chi connectivity index (χ0v) is 21.0. The van der Waals surface area contributed by atoms with E-state index in [1.807, 2.05) is 12.1 Å². The average molecular weight is 613 g/mol. The van der Waals surface area contributed by atoms with Crippen molar-refractivity contribution in [3.63, 3.8) is 0 Å². The molecule has 0 aliphatic carbocycles. The number of alkyl halides is 3. The van der Waals surface area contributed by atoms with Gasteiger partial charge in [0.1, 0.15) is 11.9 Å². The zero-order valence-electron chi connectivity index (χ0n) is 18.9. The van der Waals surface area contributed by atoms with E-state index in [2.05, 4.69) is 47.9 Å². The second kappa shape index (κ2) is 8.77. The number of anilines is 1. The number of nitrogens with zero attached hydrogens (tertiary/aromatic N) is 6. The predicted octanol–water partition coefficient (Wildman–Crippen LogP) is 3.41. The molecule has 188 valence electrons. The van der Waals surface area contributed by atoms with Crippen LogP contribution >= 0.6 is 22.6 Å². The highest BCUT2D eigenvalue weighted by molar-refractivity contribution is 14.1. The molecule has 36 heavy (non-hydrogen) atoms. The van der Waals surface area contributed by atoms with Gasteiger partial charge in [-0.2, -0.15) is 18.3 Å². The number of hydrogen-bond donors (Lipinski definition) is 2. The zero-order chi connectivity index (χ0) is 25.8. The number of carbonyl (C=O) groups is 1. The summed E-state index contributed by atoms with van der Waals surface area (Å²) in [5.41, 5.74) is -0.668. The molecule has 0 radical (unpaired) electrons. The number of aliphatic hydroxyl groups excluding tert-OH is 1. The minimum Gasteiger partial charge on any atom is -0.382 e. The Bertz CT molecular complexity index is 1450. The van der Waals surface area contributed by atoms with Gasteiger partial charge in [-0.25, -0.2) is 9.67 Å². The number of hydrogen-bond acceptors (Lipinski definition) is 7. The van der Waals surface area contributed by atoms with Crippen LogP contribution < -0.4 is 4.90 Å². The number of aliphatic hydroxyl groups is 1. The van der Waals surface area contributed by atoms with Crippen molar-refractivity contribution in [3.8, 4) is 5.69 Å². The van der Waals surface area contributed by atoms with Gasteiger partial charge in [-0.05, 0) is 60.7 Å². The fraction of sp³-hybridized carbons (Fsp3) is 0.318. The third-order valence-corrected chi connectivity index (χ3v) is 6.24. The summed E-state index contributed by atoms with van der Waals surface area (Å²) in [5.74, 6) is -0.208. The van der Waals surface area contributed by atoms with Crippen LogP contribution in [-0.4, -0.2) is 59.2 Å². The number of morpholine rings is 1. The molecule has 1 fully saturated rings. The number of aromatic nitrogens is 6. The van der Waals surface area contributed by atoms with Gasteiger partial charge in [0, 0.05) is 15.8 Å². The number of imidazole rings is 1. The molecule has 4 aromatic rings. The first-order valence-electron chi connectivity index (χ1n) is 10.7. The Morgan fingerprint density at radius 1 is 1.28 bits per heavy atom. The molecule has 0 bridgehead atoms. The normalized spacial score (nSPS) is 19.1. The van der Waals surface area contributed by atoms with E-state index in [0.29, 0.717) is 11.0 Å². The second-order valence-corrected chi connectivity index (χ2v) is 10.1. The number of ether oxygens (including phenoxy) is 1. The first-order valence-corrected chi connectivity index (χ1v) is 11.8. The van der Waals surface area contributed by atoms with Crippen molar-refractivity contribution in [2.24, 2.45) is 0 Å². The smallest absolute Gasteiger partial charge is 0.382 e. The Labute approximate surface area is 215 Å². The Hall–Kier alpha value is -3.11. The lowest BCUT2D eigenvalue weighted by atomic mass is 10.0. The topological polar surface area (TPSA) is 122 Å². The Morgan fingerprint density at radius 3 is 2.81 bits per heavy atom. The highest BCUT2D eigenvalue weighted by Crippen LogP contribution is 2.33. The van der Waals surface area contributed by atoms with Crippen molar-refractivity contribution in [2.75, 3.05) is 11.4 Å². The van der Waals surface area contributed by atoms with E-state index in [1.165, 1.54) is 21.8 Å². The van der Waals surface area contributed by atoms with Crippen LogP contribution in [-0.2, 0) is 15.7 Å². The molecule has 0 saturated carbocycles. The van der Waals surface area contributed by atoms with Gasteiger partial charge in [0.05, 0.1) is 35.1 Å². The summed E-state index contributed by atoms with van der Waals surface area (Å²) in [6.45, 7) is 3.62. The van der Waals surface area contributed by atoms with Gasteiger partial charge >= 0.3 is 6.18 Å². The number of rotatable bonds is 4. The van der Waals surface area contributed by atoms with E-state index in [0.717, 1.165) is 15.8 Å². The van der Waals surface area contributed by atoms with Crippen molar-refractivity contribution in [1.29, 1.82) is 0 Å². The lowest BCUT2D eigenvalue weighted by Crippen LogP contribution is -2.58. The molecule has 1 aliphatic heterocycles. The maximum Gasteiger partial charge on any atom is 0.435 e. The quantitative estimate of drug-likeness (QED) is 0.339. The third-order valence-electron chi connectivity index (χ3n) is 5.57. The van der Waals surface area contributed by atoms with Crippen molar-refractivity contribution in [1.82, 2.24) is 29.9 Å². The molecule has 14 heteroatoms. The number of halogens is 4. The lowest BCUT2D eigenvalue weighted by Gasteiger charge is -2.42. The summed E-state index contributed by atoms with van der Waals surface area (Å²) in [5, 5.41) is 21.8. The van der Waals surface area contributed by atoms with Crippen LogP contribution in [0.5, 0.6) is 0 Å². The van der Waals surface area contributed by atoms with Crippen LogP contribution in [0.4, 0.5) is 19.0 Å². The lowest BCUT2D eigenvalue weighted by molar-refractivity contribution is -0.166.